The molecule has 1 atom stereocenters. The Morgan fingerprint density at radius 2 is 1.94 bits per heavy atom. The topological polar surface area (TPSA) is 41.5 Å². The van der Waals surface area contributed by atoms with E-state index in [0.717, 1.165) is 0 Å². The fourth-order valence-electron chi connectivity index (χ4n) is 1.02. The fraction of sp³-hybridized carbons (Fsp3) is 1.00. The number of rotatable bonds is 8. The molecule has 0 aromatic carbocycles. The third kappa shape index (κ3) is 11.7. The predicted octanol–water partition coefficient (Wildman–Crippen LogP) is 1.70. The number of hydrogen-bond acceptors (Lipinski definition) is 3. The highest BCUT2D eigenvalue weighted by Crippen LogP contribution is 2.20. The van der Waals surface area contributed by atoms with Gasteiger partial charge in [0.1, 0.15) is 0 Å². The van der Waals surface area contributed by atoms with Crippen LogP contribution in [0.5, 0.6) is 0 Å². The second kappa shape index (κ2) is 7.86. The highest BCUT2D eigenvalue weighted by molar-refractivity contribution is 4.61. The molecule has 0 saturated heterocycles. The molecule has 98 valence electrons. The molecule has 0 spiro atoms. The molecule has 0 heterocycles. The van der Waals surface area contributed by atoms with Gasteiger partial charge in [-0.05, 0) is 6.42 Å². The minimum atomic E-state index is -4.12. The van der Waals surface area contributed by atoms with Crippen LogP contribution in [0.3, 0.4) is 0 Å². The second-order valence-electron chi connectivity index (χ2n) is 4.01. The summed E-state index contributed by atoms with van der Waals surface area (Å²) in [5.41, 5.74) is 0. The van der Waals surface area contributed by atoms with Gasteiger partial charge < -0.3 is 15.2 Å². The van der Waals surface area contributed by atoms with Gasteiger partial charge in [0.2, 0.25) is 0 Å². The Hall–Kier alpha value is -0.330. The average molecular weight is 243 g/mol. The molecule has 6 heteroatoms. The maximum absolute atomic E-state index is 11.7. The number of alkyl halides is 3. The van der Waals surface area contributed by atoms with Crippen LogP contribution in [0.25, 0.3) is 0 Å². The fourth-order valence-corrected chi connectivity index (χ4v) is 1.02. The van der Waals surface area contributed by atoms with E-state index in [2.05, 4.69) is 5.32 Å². The van der Waals surface area contributed by atoms with Crippen LogP contribution in [-0.2, 0) is 4.74 Å². The number of aliphatic hydroxyl groups is 1. The van der Waals surface area contributed by atoms with E-state index in [1.807, 2.05) is 13.8 Å². The molecule has 3 nitrogen and oxygen atoms in total. The van der Waals surface area contributed by atoms with Crippen LogP contribution in [0.15, 0.2) is 0 Å². The van der Waals surface area contributed by atoms with Gasteiger partial charge in [0.05, 0.1) is 12.7 Å². The lowest BCUT2D eigenvalue weighted by Gasteiger charge is -2.14. The van der Waals surface area contributed by atoms with Crippen LogP contribution in [0, 0.1) is 0 Å². The molecule has 16 heavy (non-hydrogen) atoms. The molecule has 1 unspecified atom stereocenters. The van der Waals surface area contributed by atoms with Crippen LogP contribution in [0.2, 0.25) is 0 Å². The quantitative estimate of drug-likeness (QED) is 0.638. The lowest BCUT2D eigenvalue weighted by Crippen LogP contribution is -2.34. The van der Waals surface area contributed by atoms with Gasteiger partial charge in [-0.25, -0.2) is 0 Å². The molecule has 0 radical (unpaired) electrons. The molecule has 0 bridgehead atoms. The molecule has 0 saturated carbocycles. The van der Waals surface area contributed by atoms with Crippen molar-refractivity contribution in [2.45, 2.75) is 45.0 Å². The number of halogens is 3. The largest absolute Gasteiger partial charge is 0.389 e. The van der Waals surface area contributed by atoms with E-state index in [-0.39, 0.29) is 25.7 Å². The maximum Gasteiger partial charge on any atom is 0.389 e. The Kier molecular flexibility index (Phi) is 7.70. The van der Waals surface area contributed by atoms with Gasteiger partial charge in [-0.1, -0.05) is 13.8 Å². The smallest absolute Gasteiger partial charge is 0.389 e. The van der Waals surface area contributed by atoms with Crippen molar-refractivity contribution in [3.63, 3.8) is 0 Å². The van der Waals surface area contributed by atoms with E-state index in [1.54, 1.807) is 0 Å². The van der Waals surface area contributed by atoms with Crippen molar-refractivity contribution in [3.8, 4) is 0 Å². The third-order valence-corrected chi connectivity index (χ3v) is 1.82. The monoisotopic (exact) mass is 243 g/mol. The van der Waals surface area contributed by atoms with Crippen LogP contribution in [0.1, 0.15) is 26.7 Å². The Bertz CT molecular complexity index is 174. The zero-order chi connectivity index (χ0) is 12.6. The molecular weight excluding hydrogens is 223 g/mol. The Morgan fingerprint density at radius 3 is 2.44 bits per heavy atom. The molecule has 0 fully saturated rings. The number of hydrogen-bond donors (Lipinski definition) is 2. The molecule has 2 N–H and O–H groups in total. The summed E-state index contributed by atoms with van der Waals surface area (Å²) in [4.78, 5) is 0. The van der Waals surface area contributed by atoms with Crippen molar-refractivity contribution in [1.82, 2.24) is 5.32 Å². The van der Waals surface area contributed by atoms with Gasteiger partial charge in [0.25, 0.3) is 0 Å². The van der Waals surface area contributed by atoms with Crippen molar-refractivity contribution in [2.75, 3.05) is 19.8 Å². The zero-order valence-corrected chi connectivity index (χ0v) is 9.68. The molecule has 0 aliphatic heterocycles. The summed E-state index contributed by atoms with van der Waals surface area (Å²) in [6, 6.07) is 0.264. The van der Waals surface area contributed by atoms with Gasteiger partial charge in [-0.3, -0.25) is 0 Å². The maximum atomic E-state index is 11.7. The van der Waals surface area contributed by atoms with Crippen molar-refractivity contribution >= 4 is 0 Å². The van der Waals surface area contributed by atoms with Crippen LogP contribution in [-0.4, -0.2) is 43.2 Å². The first-order valence-corrected chi connectivity index (χ1v) is 5.37. The first kappa shape index (κ1) is 15.7. The average Bonchev–Trinajstić information content (AvgIpc) is 2.12. The lowest BCUT2D eigenvalue weighted by atomic mass is 10.3. The molecule has 0 amide bonds. The Balaban J connectivity index is 3.31. The second-order valence-corrected chi connectivity index (χ2v) is 4.01. The van der Waals surface area contributed by atoms with Crippen LogP contribution >= 0.6 is 0 Å². The van der Waals surface area contributed by atoms with Gasteiger partial charge in [-0.2, -0.15) is 13.2 Å². The van der Waals surface area contributed by atoms with Gasteiger partial charge in [0, 0.05) is 25.6 Å². The zero-order valence-electron chi connectivity index (χ0n) is 9.68. The number of aliphatic hydroxyl groups excluding tert-OH is 1. The number of ether oxygens (including phenoxy) is 1. The van der Waals surface area contributed by atoms with E-state index in [1.165, 1.54) is 0 Å². The van der Waals surface area contributed by atoms with Crippen LogP contribution < -0.4 is 5.32 Å². The predicted molar refractivity (Wildman–Crippen MR) is 55.3 cm³/mol. The number of nitrogens with one attached hydrogen (secondary N) is 1. The summed E-state index contributed by atoms with van der Waals surface area (Å²) in [7, 11) is 0. The van der Waals surface area contributed by atoms with E-state index < -0.39 is 18.7 Å². The van der Waals surface area contributed by atoms with Gasteiger partial charge >= 0.3 is 6.18 Å². The van der Waals surface area contributed by atoms with E-state index in [0.29, 0.717) is 6.54 Å². The summed E-state index contributed by atoms with van der Waals surface area (Å²) in [6.07, 6.45) is -5.70. The van der Waals surface area contributed by atoms with E-state index in [9.17, 15) is 18.3 Å². The highest BCUT2D eigenvalue weighted by atomic mass is 19.4. The minimum Gasteiger partial charge on any atom is -0.389 e. The Morgan fingerprint density at radius 1 is 1.31 bits per heavy atom. The molecule has 0 rings (SSSR count). The van der Waals surface area contributed by atoms with Crippen LogP contribution in [0.4, 0.5) is 13.2 Å². The summed E-state index contributed by atoms with van der Waals surface area (Å²) in [6.45, 7) is 4.36. The lowest BCUT2D eigenvalue weighted by molar-refractivity contribution is -0.138. The summed E-state index contributed by atoms with van der Waals surface area (Å²) >= 11 is 0. The highest BCUT2D eigenvalue weighted by Gasteiger charge is 2.25. The third-order valence-electron chi connectivity index (χ3n) is 1.82. The molecule has 0 aliphatic rings. The standard InChI is InChI=1S/C10H20F3NO2/c1-8(2)14-6-9(15)7-16-5-3-4-10(11,12)13/h8-9,14-15H,3-7H2,1-2H3. The van der Waals surface area contributed by atoms with E-state index in [4.69, 9.17) is 4.74 Å². The van der Waals surface area contributed by atoms with Gasteiger partial charge in [0.15, 0.2) is 0 Å². The van der Waals surface area contributed by atoms with Crippen molar-refractivity contribution in [1.29, 1.82) is 0 Å². The van der Waals surface area contributed by atoms with Crippen molar-refractivity contribution in [2.24, 2.45) is 0 Å². The summed E-state index contributed by atoms with van der Waals surface area (Å²) in [5, 5.41) is 12.3. The van der Waals surface area contributed by atoms with Gasteiger partial charge in [-0.15, -0.1) is 0 Å². The molecule has 0 aromatic rings. The summed E-state index contributed by atoms with van der Waals surface area (Å²) in [5.74, 6) is 0. The summed E-state index contributed by atoms with van der Waals surface area (Å²) < 4.78 is 40.1. The minimum absolute atomic E-state index is 0.0260. The molecule has 0 aliphatic carbocycles. The first-order valence-electron chi connectivity index (χ1n) is 5.37. The van der Waals surface area contributed by atoms with Crippen molar-refractivity contribution in [3.05, 3.63) is 0 Å². The molecular formula is C10H20F3NO2. The Labute approximate surface area is 94.0 Å². The van der Waals surface area contributed by atoms with E-state index >= 15 is 0 Å². The molecule has 0 aromatic heterocycles. The normalized spacial score (nSPS) is 14.4. The first-order chi connectivity index (χ1) is 7.31. The van der Waals surface area contributed by atoms with Crippen molar-refractivity contribution < 1.29 is 23.0 Å². The SMILES string of the molecule is CC(C)NCC(O)COCCCC(F)(F)F.